The van der Waals surface area contributed by atoms with Crippen molar-refractivity contribution in [1.29, 1.82) is 0 Å². The van der Waals surface area contributed by atoms with Crippen molar-refractivity contribution in [2.45, 2.75) is 51.0 Å². The third-order valence-electron chi connectivity index (χ3n) is 7.70. The molecule has 5 nitrogen and oxygen atoms in total. The third-order valence-corrected chi connectivity index (χ3v) is 7.70. The average molecular weight is 465 g/mol. The highest BCUT2D eigenvalue weighted by Gasteiger charge is 2.24. The summed E-state index contributed by atoms with van der Waals surface area (Å²) in [6.07, 6.45) is 8.50. The van der Waals surface area contributed by atoms with Crippen LogP contribution in [0.25, 0.3) is 0 Å². The minimum Gasteiger partial charge on any atom is -0.497 e. The number of anilines is 1. The first-order valence-corrected chi connectivity index (χ1v) is 13.4. The van der Waals surface area contributed by atoms with Crippen LogP contribution in [-0.2, 0) is 12.8 Å². The Kier molecular flexibility index (Phi) is 9.66. The highest BCUT2D eigenvalue weighted by Crippen LogP contribution is 2.28. The second-order valence-electron chi connectivity index (χ2n) is 9.93. The third kappa shape index (κ3) is 6.97. The molecule has 0 spiro atoms. The summed E-state index contributed by atoms with van der Waals surface area (Å²) < 4.78 is 5.49. The number of rotatable bonds is 12. The minimum atomic E-state index is 0.645. The van der Waals surface area contributed by atoms with Gasteiger partial charge in [0.1, 0.15) is 5.75 Å². The Balaban J connectivity index is 1.23. The lowest BCUT2D eigenvalue weighted by Crippen LogP contribution is -2.46. The quantitative estimate of drug-likeness (QED) is 0.477. The zero-order valence-corrected chi connectivity index (χ0v) is 21.1. The first-order valence-electron chi connectivity index (χ1n) is 13.4. The van der Waals surface area contributed by atoms with Crippen molar-refractivity contribution in [2.75, 3.05) is 64.4 Å². The molecule has 0 saturated carbocycles. The van der Waals surface area contributed by atoms with E-state index in [4.69, 9.17) is 10.5 Å². The Morgan fingerprint density at radius 2 is 1.68 bits per heavy atom. The van der Waals surface area contributed by atoms with Crippen LogP contribution in [0.2, 0.25) is 0 Å². The number of methoxy groups -OCH3 is 1. The first kappa shape index (κ1) is 25.0. The lowest BCUT2D eigenvalue weighted by molar-refractivity contribution is 0.168. The van der Waals surface area contributed by atoms with Gasteiger partial charge in [0.2, 0.25) is 0 Å². The van der Waals surface area contributed by atoms with Crippen molar-refractivity contribution < 1.29 is 4.74 Å². The Morgan fingerprint density at radius 3 is 2.41 bits per heavy atom. The molecule has 2 aliphatic rings. The van der Waals surface area contributed by atoms with Gasteiger partial charge in [0, 0.05) is 37.9 Å². The highest BCUT2D eigenvalue weighted by molar-refractivity contribution is 5.46. The molecule has 5 heteroatoms. The van der Waals surface area contributed by atoms with Gasteiger partial charge in [-0.1, -0.05) is 24.3 Å². The molecule has 2 N–H and O–H groups in total. The van der Waals surface area contributed by atoms with Crippen LogP contribution in [0.1, 0.15) is 43.2 Å². The van der Waals surface area contributed by atoms with Gasteiger partial charge >= 0.3 is 0 Å². The molecule has 2 aromatic carbocycles. The standard InChI is InChI=1S/C29H44N4O/c1-34-29-14-12-25-11-13-28(23-26(25)24-29)32(17-6-5-15-30)18-8-7-16-31-19-21-33(22-20-31)27-9-3-2-4-10-27/h2-4,9-10,12,14,24,28H,5-8,11,13,15-23,30H2,1H3. The van der Waals surface area contributed by atoms with Crippen LogP contribution in [0.4, 0.5) is 5.69 Å². The number of hydrogen-bond acceptors (Lipinski definition) is 5. The van der Waals surface area contributed by atoms with Crippen molar-refractivity contribution in [3.05, 3.63) is 59.7 Å². The molecule has 0 bridgehead atoms. The number of para-hydroxylation sites is 1. The van der Waals surface area contributed by atoms with Crippen LogP contribution in [0.15, 0.2) is 48.5 Å². The molecular formula is C29H44N4O. The van der Waals surface area contributed by atoms with Crippen molar-refractivity contribution in [2.24, 2.45) is 5.73 Å². The topological polar surface area (TPSA) is 45.0 Å². The molecule has 0 amide bonds. The average Bonchev–Trinajstić information content (AvgIpc) is 2.90. The summed E-state index contributed by atoms with van der Waals surface area (Å²) >= 11 is 0. The Hall–Kier alpha value is -2.08. The van der Waals surface area contributed by atoms with Crippen molar-refractivity contribution in [3.8, 4) is 5.75 Å². The molecule has 2 aromatic rings. The van der Waals surface area contributed by atoms with Gasteiger partial charge in [0.05, 0.1) is 7.11 Å². The van der Waals surface area contributed by atoms with E-state index in [0.29, 0.717) is 6.04 Å². The van der Waals surface area contributed by atoms with Crippen molar-refractivity contribution >= 4 is 5.69 Å². The van der Waals surface area contributed by atoms with E-state index in [1.54, 1.807) is 7.11 Å². The second-order valence-corrected chi connectivity index (χ2v) is 9.93. The molecule has 1 aliphatic heterocycles. The van der Waals surface area contributed by atoms with Gasteiger partial charge in [-0.3, -0.25) is 4.90 Å². The molecule has 0 aromatic heterocycles. The molecule has 1 aliphatic carbocycles. The smallest absolute Gasteiger partial charge is 0.119 e. The molecule has 1 heterocycles. The number of nitrogens with zero attached hydrogens (tertiary/aromatic N) is 3. The van der Waals surface area contributed by atoms with E-state index in [0.717, 1.165) is 38.2 Å². The largest absolute Gasteiger partial charge is 0.497 e. The second kappa shape index (κ2) is 13.1. The molecule has 1 saturated heterocycles. The van der Waals surface area contributed by atoms with Gasteiger partial charge in [-0.25, -0.2) is 0 Å². The van der Waals surface area contributed by atoms with Gasteiger partial charge in [0.25, 0.3) is 0 Å². The Labute approximate surface area is 206 Å². The van der Waals surface area contributed by atoms with Gasteiger partial charge in [0.15, 0.2) is 0 Å². The first-order chi connectivity index (χ1) is 16.8. The highest BCUT2D eigenvalue weighted by atomic mass is 16.5. The number of ether oxygens (including phenoxy) is 1. The molecule has 1 atom stereocenters. The molecule has 34 heavy (non-hydrogen) atoms. The van der Waals surface area contributed by atoms with E-state index in [-0.39, 0.29) is 0 Å². The number of unbranched alkanes of at least 4 members (excludes halogenated alkanes) is 2. The lowest BCUT2D eigenvalue weighted by Gasteiger charge is -2.37. The zero-order valence-electron chi connectivity index (χ0n) is 21.1. The summed E-state index contributed by atoms with van der Waals surface area (Å²) in [7, 11) is 1.77. The number of piperazine rings is 1. The van der Waals surface area contributed by atoms with E-state index in [2.05, 4.69) is 63.2 Å². The Bertz CT molecular complexity index is 850. The van der Waals surface area contributed by atoms with Gasteiger partial charge in [-0.2, -0.15) is 0 Å². The van der Waals surface area contributed by atoms with Crippen LogP contribution in [0, 0.1) is 0 Å². The maximum Gasteiger partial charge on any atom is 0.119 e. The normalized spacial score (nSPS) is 18.8. The van der Waals surface area contributed by atoms with Gasteiger partial charge in [-0.15, -0.1) is 0 Å². The molecule has 186 valence electrons. The number of aryl methyl sites for hydroxylation is 1. The van der Waals surface area contributed by atoms with Crippen LogP contribution < -0.4 is 15.4 Å². The lowest BCUT2D eigenvalue weighted by atomic mass is 9.87. The summed E-state index contributed by atoms with van der Waals surface area (Å²) in [4.78, 5) is 7.94. The number of benzene rings is 2. The van der Waals surface area contributed by atoms with Crippen LogP contribution in [0.5, 0.6) is 5.75 Å². The summed E-state index contributed by atoms with van der Waals surface area (Å²) in [5, 5.41) is 0. The molecular weight excluding hydrogens is 420 g/mol. The molecule has 1 fully saturated rings. The maximum atomic E-state index is 5.80. The van der Waals surface area contributed by atoms with Gasteiger partial charge < -0.3 is 20.3 Å². The van der Waals surface area contributed by atoms with Crippen LogP contribution >= 0.6 is 0 Å². The fourth-order valence-corrected chi connectivity index (χ4v) is 5.61. The van der Waals surface area contributed by atoms with E-state index in [1.807, 2.05) is 0 Å². The summed E-state index contributed by atoms with van der Waals surface area (Å²) in [5.41, 5.74) is 10.2. The maximum absolute atomic E-state index is 5.80. The van der Waals surface area contributed by atoms with E-state index in [9.17, 15) is 0 Å². The summed E-state index contributed by atoms with van der Waals surface area (Å²) in [6, 6.07) is 18.1. The number of nitrogens with two attached hydrogens (primary N) is 1. The predicted octanol–water partition coefficient (Wildman–Crippen LogP) is 4.20. The SMILES string of the molecule is COc1ccc2c(c1)CC(N(CCCCN)CCCCN1CCN(c3ccccc3)CC1)CC2. The van der Waals surface area contributed by atoms with Crippen LogP contribution in [0.3, 0.4) is 0 Å². The minimum absolute atomic E-state index is 0.645. The van der Waals surface area contributed by atoms with Crippen LogP contribution in [-0.4, -0.2) is 75.3 Å². The molecule has 1 unspecified atom stereocenters. The summed E-state index contributed by atoms with van der Waals surface area (Å²) in [6.45, 7) is 9.04. The fraction of sp³-hybridized carbons (Fsp3) is 0.586. The van der Waals surface area contributed by atoms with E-state index < -0.39 is 0 Å². The predicted molar refractivity (Wildman–Crippen MR) is 143 cm³/mol. The van der Waals surface area contributed by atoms with E-state index >= 15 is 0 Å². The van der Waals surface area contributed by atoms with Crippen molar-refractivity contribution in [3.63, 3.8) is 0 Å². The molecule has 4 rings (SSSR count). The summed E-state index contributed by atoms with van der Waals surface area (Å²) in [5.74, 6) is 0.987. The number of hydrogen-bond donors (Lipinski definition) is 1. The Morgan fingerprint density at radius 1 is 0.912 bits per heavy atom. The zero-order chi connectivity index (χ0) is 23.6. The van der Waals surface area contributed by atoms with E-state index in [1.165, 1.54) is 81.6 Å². The van der Waals surface area contributed by atoms with Gasteiger partial charge in [-0.05, 0) is 107 Å². The van der Waals surface area contributed by atoms with Crippen molar-refractivity contribution in [1.82, 2.24) is 9.80 Å². The molecule has 0 radical (unpaired) electrons. The number of fused-ring (bicyclic) bond motifs is 1. The fourth-order valence-electron chi connectivity index (χ4n) is 5.61. The monoisotopic (exact) mass is 464 g/mol.